The second-order valence-corrected chi connectivity index (χ2v) is 5.37. The molecule has 0 radical (unpaired) electrons. The molecule has 2 atom stereocenters. The molecule has 0 aromatic heterocycles. The van der Waals surface area contributed by atoms with E-state index < -0.39 is 0 Å². The molecular formula is C11H22ClNO2. The molecule has 15 heavy (non-hydrogen) atoms. The fourth-order valence-corrected chi connectivity index (χ4v) is 2.10. The van der Waals surface area contributed by atoms with Gasteiger partial charge in [-0.05, 0) is 26.7 Å². The maximum absolute atomic E-state index is 5.99. The summed E-state index contributed by atoms with van der Waals surface area (Å²) in [5.74, 6) is 0. The zero-order valence-corrected chi connectivity index (χ0v) is 10.6. The summed E-state index contributed by atoms with van der Waals surface area (Å²) in [5, 5.41) is 3.36. The van der Waals surface area contributed by atoms with Crippen LogP contribution >= 0.6 is 11.6 Å². The van der Waals surface area contributed by atoms with Gasteiger partial charge in [-0.2, -0.15) is 0 Å². The third-order valence-corrected chi connectivity index (χ3v) is 2.92. The fraction of sp³-hybridized carbons (Fsp3) is 1.00. The standard InChI is InChI=1S/C11H22ClNO2/c1-11(2)5-4-10(15-11)7-13-6-9(12)8-14-3/h9-10,13H,4-8H2,1-3H3. The van der Waals surface area contributed by atoms with Crippen molar-refractivity contribution in [2.45, 2.75) is 43.8 Å². The van der Waals surface area contributed by atoms with Crippen molar-refractivity contribution in [1.29, 1.82) is 0 Å². The van der Waals surface area contributed by atoms with E-state index >= 15 is 0 Å². The number of rotatable bonds is 6. The van der Waals surface area contributed by atoms with E-state index in [4.69, 9.17) is 21.1 Å². The van der Waals surface area contributed by atoms with Crippen molar-refractivity contribution in [3.63, 3.8) is 0 Å². The summed E-state index contributed by atoms with van der Waals surface area (Å²) in [6.45, 7) is 6.53. The molecule has 1 N–H and O–H groups in total. The number of alkyl halides is 1. The van der Waals surface area contributed by atoms with Gasteiger partial charge in [-0.15, -0.1) is 11.6 Å². The highest BCUT2D eigenvalue weighted by atomic mass is 35.5. The van der Waals surface area contributed by atoms with E-state index in [1.165, 1.54) is 0 Å². The molecular weight excluding hydrogens is 214 g/mol. The lowest BCUT2D eigenvalue weighted by Gasteiger charge is -2.20. The van der Waals surface area contributed by atoms with Crippen molar-refractivity contribution in [2.24, 2.45) is 0 Å². The maximum Gasteiger partial charge on any atom is 0.0707 e. The van der Waals surface area contributed by atoms with Crippen molar-refractivity contribution in [3.8, 4) is 0 Å². The third-order valence-electron chi connectivity index (χ3n) is 2.64. The Hall–Kier alpha value is 0.170. The molecule has 0 spiro atoms. The Morgan fingerprint density at radius 3 is 2.87 bits per heavy atom. The lowest BCUT2D eigenvalue weighted by Crippen LogP contribution is -2.34. The van der Waals surface area contributed by atoms with Gasteiger partial charge in [0.15, 0.2) is 0 Å². The normalized spacial score (nSPS) is 26.8. The third kappa shape index (κ3) is 5.16. The van der Waals surface area contributed by atoms with E-state index in [-0.39, 0.29) is 11.0 Å². The first-order valence-electron chi connectivity index (χ1n) is 5.55. The highest BCUT2D eigenvalue weighted by Crippen LogP contribution is 2.28. The number of ether oxygens (including phenoxy) is 2. The van der Waals surface area contributed by atoms with Crippen molar-refractivity contribution < 1.29 is 9.47 Å². The predicted molar refractivity (Wildman–Crippen MR) is 62.6 cm³/mol. The molecule has 1 rings (SSSR count). The Labute approximate surface area is 97.5 Å². The lowest BCUT2D eigenvalue weighted by molar-refractivity contribution is -0.0142. The van der Waals surface area contributed by atoms with Gasteiger partial charge in [0.05, 0.1) is 23.7 Å². The summed E-state index contributed by atoms with van der Waals surface area (Å²) in [4.78, 5) is 0. The van der Waals surface area contributed by atoms with Crippen LogP contribution in [0.2, 0.25) is 0 Å². The van der Waals surface area contributed by atoms with Gasteiger partial charge in [0.2, 0.25) is 0 Å². The number of halogens is 1. The van der Waals surface area contributed by atoms with Crippen LogP contribution in [-0.2, 0) is 9.47 Å². The van der Waals surface area contributed by atoms with Gasteiger partial charge in [-0.1, -0.05) is 0 Å². The summed E-state index contributed by atoms with van der Waals surface area (Å²) in [6, 6.07) is 0. The Bertz CT molecular complexity index is 187. The molecule has 1 saturated heterocycles. The number of hydrogen-bond donors (Lipinski definition) is 1. The van der Waals surface area contributed by atoms with Gasteiger partial charge < -0.3 is 14.8 Å². The molecule has 4 heteroatoms. The van der Waals surface area contributed by atoms with Crippen molar-refractivity contribution in [3.05, 3.63) is 0 Å². The molecule has 0 aromatic carbocycles. The summed E-state index contributed by atoms with van der Waals surface area (Å²) in [6.07, 6.45) is 2.62. The summed E-state index contributed by atoms with van der Waals surface area (Å²) in [5.41, 5.74) is 0.0548. The number of methoxy groups -OCH3 is 1. The predicted octanol–water partition coefficient (Wildman–Crippen LogP) is 1.79. The van der Waals surface area contributed by atoms with Gasteiger partial charge in [0.1, 0.15) is 0 Å². The molecule has 1 heterocycles. The van der Waals surface area contributed by atoms with Gasteiger partial charge in [-0.25, -0.2) is 0 Å². The average Bonchev–Trinajstić information content (AvgIpc) is 2.46. The van der Waals surface area contributed by atoms with Crippen LogP contribution in [-0.4, -0.2) is 43.9 Å². The van der Waals surface area contributed by atoms with E-state index in [1.807, 2.05) is 0 Å². The minimum atomic E-state index is 0.0458. The van der Waals surface area contributed by atoms with E-state index in [1.54, 1.807) is 7.11 Å². The average molecular weight is 236 g/mol. The minimum Gasteiger partial charge on any atom is -0.383 e. The molecule has 1 aliphatic heterocycles. The Morgan fingerprint density at radius 1 is 1.60 bits per heavy atom. The monoisotopic (exact) mass is 235 g/mol. The van der Waals surface area contributed by atoms with Crippen LogP contribution in [0.4, 0.5) is 0 Å². The first-order valence-corrected chi connectivity index (χ1v) is 5.99. The van der Waals surface area contributed by atoms with E-state index in [0.29, 0.717) is 12.7 Å². The highest BCUT2D eigenvalue weighted by Gasteiger charge is 2.31. The Balaban J connectivity index is 2.06. The van der Waals surface area contributed by atoms with Crippen LogP contribution in [0.15, 0.2) is 0 Å². The number of nitrogens with one attached hydrogen (secondary N) is 1. The zero-order valence-electron chi connectivity index (χ0n) is 9.88. The van der Waals surface area contributed by atoms with E-state index in [0.717, 1.165) is 25.9 Å². The summed E-state index contributed by atoms with van der Waals surface area (Å²) < 4.78 is 10.8. The van der Waals surface area contributed by atoms with E-state index in [2.05, 4.69) is 19.2 Å². The highest BCUT2D eigenvalue weighted by molar-refractivity contribution is 6.20. The molecule has 1 aliphatic rings. The second kappa shape index (κ2) is 6.04. The Kier molecular flexibility index (Phi) is 5.33. The van der Waals surface area contributed by atoms with Crippen LogP contribution in [0.3, 0.4) is 0 Å². The Morgan fingerprint density at radius 2 is 2.33 bits per heavy atom. The lowest BCUT2D eigenvalue weighted by atomic mass is 10.1. The molecule has 3 nitrogen and oxygen atoms in total. The van der Waals surface area contributed by atoms with Crippen LogP contribution in [0, 0.1) is 0 Å². The molecule has 1 fully saturated rings. The van der Waals surface area contributed by atoms with Crippen LogP contribution in [0.1, 0.15) is 26.7 Å². The van der Waals surface area contributed by atoms with Crippen molar-refractivity contribution in [2.75, 3.05) is 26.8 Å². The van der Waals surface area contributed by atoms with Gasteiger partial charge >= 0.3 is 0 Å². The topological polar surface area (TPSA) is 30.5 Å². The quantitative estimate of drug-likeness (QED) is 0.712. The fourth-order valence-electron chi connectivity index (χ4n) is 1.86. The molecule has 2 unspecified atom stereocenters. The van der Waals surface area contributed by atoms with Gasteiger partial charge in [0, 0.05) is 20.2 Å². The largest absolute Gasteiger partial charge is 0.383 e. The molecule has 90 valence electrons. The zero-order chi connectivity index (χ0) is 11.3. The maximum atomic E-state index is 5.99. The van der Waals surface area contributed by atoms with Gasteiger partial charge in [-0.3, -0.25) is 0 Å². The minimum absolute atomic E-state index is 0.0458. The van der Waals surface area contributed by atoms with Crippen LogP contribution in [0.25, 0.3) is 0 Å². The first-order chi connectivity index (χ1) is 7.03. The molecule has 0 saturated carbocycles. The van der Waals surface area contributed by atoms with Crippen LogP contribution in [0.5, 0.6) is 0 Å². The molecule has 0 aromatic rings. The second-order valence-electron chi connectivity index (χ2n) is 4.75. The smallest absolute Gasteiger partial charge is 0.0707 e. The van der Waals surface area contributed by atoms with Crippen molar-refractivity contribution >= 4 is 11.6 Å². The van der Waals surface area contributed by atoms with Crippen molar-refractivity contribution in [1.82, 2.24) is 5.32 Å². The summed E-state index contributed by atoms with van der Waals surface area (Å²) in [7, 11) is 1.66. The molecule has 0 bridgehead atoms. The number of hydrogen-bond acceptors (Lipinski definition) is 3. The molecule has 0 amide bonds. The van der Waals surface area contributed by atoms with E-state index in [9.17, 15) is 0 Å². The first kappa shape index (κ1) is 13.2. The van der Waals surface area contributed by atoms with Crippen LogP contribution < -0.4 is 5.32 Å². The summed E-state index contributed by atoms with van der Waals surface area (Å²) >= 11 is 5.99. The molecule has 0 aliphatic carbocycles. The van der Waals surface area contributed by atoms with Gasteiger partial charge in [0.25, 0.3) is 0 Å². The SMILES string of the molecule is COCC(Cl)CNCC1CCC(C)(C)O1.